The Morgan fingerprint density at radius 2 is 1.94 bits per heavy atom. The summed E-state index contributed by atoms with van der Waals surface area (Å²) in [6, 6.07) is 10.6. The van der Waals surface area contributed by atoms with Crippen LogP contribution in [0.4, 0.5) is 17.6 Å². The van der Waals surface area contributed by atoms with Crippen LogP contribution in [0.5, 0.6) is 5.88 Å². The van der Waals surface area contributed by atoms with Crippen molar-refractivity contribution >= 4 is 5.97 Å². The van der Waals surface area contributed by atoms with Crippen LogP contribution < -0.4 is 4.74 Å². The molecule has 0 aliphatic heterocycles. The van der Waals surface area contributed by atoms with Crippen LogP contribution in [0.1, 0.15) is 28.2 Å². The first-order valence-electron chi connectivity index (χ1n) is 10.0. The van der Waals surface area contributed by atoms with Crippen molar-refractivity contribution in [3.8, 4) is 17.0 Å². The van der Waals surface area contributed by atoms with E-state index >= 15 is 0 Å². The van der Waals surface area contributed by atoms with Crippen LogP contribution in [0.2, 0.25) is 0 Å². The molecule has 0 bridgehead atoms. The number of aliphatic carboxylic acids is 1. The van der Waals surface area contributed by atoms with E-state index in [1.807, 2.05) is 0 Å². The van der Waals surface area contributed by atoms with Crippen molar-refractivity contribution in [2.75, 3.05) is 0 Å². The molecule has 0 amide bonds. The number of halogens is 4. The van der Waals surface area contributed by atoms with Gasteiger partial charge in [-0.25, -0.2) is 9.37 Å². The molecule has 32 heavy (non-hydrogen) atoms. The first kappa shape index (κ1) is 20.5. The van der Waals surface area contributed by atoms with E-state index in [-0.39, 0.29) is 46.9 Å². The highest BCUT2D eigenvalue weighted by Gasteiger charge is 2.59. The highest BCUT2D eigenvalue weighted by Crippen LogP contribution is 2.61. The highest BCUT2D eigenvalue weighted by atomic mass is 19.4. The largest absolute Gasteiger partial charge is 0.481 e. The summed E-state index contributed by atoms with van der Waals surface area (Å²) < 4.78 is 60.0. The molecule has 0 radical (unpaired) electrons. The second-order valence-electron chi connectivity index (χ2n) is 8.12. The van der Waals surface area contributed by atoms with Gasteiger partial charge in [0.15, 0.2) is 0 Å². The highest BCUT2D eigenvalue weighted by molar-refractivity contribution is 5.77. The van der Waals surface area contributed by atoms with Crippen LogP contribution in [-0.4, -0.2) is 16.1 Å². The van der Waals surface area contributed by atoms with Crippen molar-refractivity contribution in [1.82, 2.24) is 4.98 Å². The van der Waals surface area contributed by atoms with Gasteiger partial charge in [-0.15, -0.1) is 0 Å². The lowest BCUT2D eigenvalue weighted by molar-refractivity contribution is -0.139. The zero-order valence-corrected chi connectivity index (χ0v) is 16.6. The van der Waals surface area contributed by atoms with Crippen LogP contribution in [0.25, 0.3) is 11.1 Å². The van der Waals surface area contributed by atoms with Gasteiger partial charge in [-0.2, -0.15) is 13.2 Å². The monoisotopic (exact) mass is 443 g/mol. The van der Waals surface area contributed by atoms with Crippen LogP contribution in [0.15, 0.2) is 54.7 Å². The molecule has 8 heteroatoms. The van der Waals surface area contributed by atoms with Crippen molar-refractivity contribution in [3.63, 3.8) is 0 Å². The number of hydrogen-bond acceptors (Lipinski definition) is 3. The van der Waals surface area contributed by atoms with Crippen molar-refractivity contribution in [1.29, 1.82) is 0 Å². The smallest absolute Gasteiger partial charge is 0.417 e. The first-order valence-corrected chi connectivity index (χ1v) is 10.0. The van der Waals surface area contributed by atoms with E-state index in [4.69, 9.17) is 4.74 Å². The van der Waals surface area contributed by atoms with Gasteiger partial charge in [-0.05, 0) is 52.8 Å². The first-order chi connectivity index (χ1) is 15.2. The SMILES string of the molecule is O=C(O)C1C2Cc3cc(OCc4cc(-c5ccccc5C(F)(F)F)ccc4F)ncc3C21. The number of rotatable bonds is 5. The zero-order valence-electron chi connectivity index (χ0n) is 16.6. The molecule has 3 atom stereocenters. The predicted octanol–water partition coefficient (Wildman–Crippen LogP) is 5.46. The number of hydrogen-bond donors (Lipinski definition) is 1. The molecule has 2 aliphatic rings. The number of carboxylic acids is 1. The Morgan fingerprint density at radius 3 is 2.69 bits per heavy atom. The zero-order chi connectivity index (χ0) is 22.6. The van der Waals surface area contributed by atoms with E-state index in [1.54, 1.807) is 12.3 Å². The van der Waals surface area contributed by atoms with Crippen LogP contribution in [0.3, 0.4) is 0 Å². The summed E-state index contributed by atoms with van der Waals surface area (Å²) in [6.07, 6.45) is -2.30. The second-order valence-corrected chi connectivity index (χ2v) is 8.12. The molecule has 0 saturated heterocycles. The average Bonchev–Trinajstić information content (AvgIpc) is 3.35. The number of nitrogens with zero attached hydrogens (tertiary/aromatic N) is 1. The molecule has 3 unspecified atom stereocenters. The van der Waals surface area contributed by atoms with E-state index in [2.05, 4.69) is 4.98 Å². The summed E-state index contributed by atoms with van der Waals surface area (Å²) in [6.45, 7) is -0.204. The summed E-state index contributed by atoms with van der Waals surface area (Å²) >= 11 is 0. The Labute approximate surface area is 180 Å². The normalized spacial score (nSPS) is 21.1. The Morgan fingerprint density at radius 1 is 1.16 bits per heavy atom. The van der Waals surface area contributed by atoms with Crippen LogP contribution in [0, 0.1) is 17.7 Å². The molecule has 1 aromatic heterocycles. The minimum absolute atomic E-state index is 0.00752. The fourth-order valence-electron chi connectivity index (χ4n) is 4.67. The minimum Gasteiger partial charge on any atom is -0.481 e. The molecule has 1 heterocycles. The van der Waals surface area contributed by atoms with E-state index in [0.29, 0.717) is 6.42 Å². The van der Waals surface area contributed by atoms with E-state index < -0.39 is 23.5 Å². The second kappa shape index (κ2) is 7.32. The molecule has 2 aromatic carbocycles. The minimum atomic E-state index is -4.53. The molecule has 4 nitrogen and oxygen atoms in total. The van der Waals surface area contributed by atoms with Gasteiger partial charge >= 0.3 is 12.1 Å². The molecule has 3 aromatic rings. The third-order valence-electron chi connectivity index (χ3n) is 6.23. The molecule has 5 rings (SSSR count). The number of alkyl halides is 3. The number of ether oxygens (including phenoxy) is 1. The molecule has 1 N–H and O–H groups in total. The third kappa shape index (κ3) is 3.49. The van der Waals surface area contributed by atoms with Crippen molar-refractivity contribution in [3.05, 3.63) is 82.8 Å². The van der Waals surface area contributed by atoms with Crippen molar-refractivity contribution in [2.24, 2.45) is 11.8 Å². The van der Waals surface area contributed by atoms with Gasteiger partial charge in [0.2, 0.25) is 5.88 Å². The number of pyridine rings is 1. The number of fused-ring (bicyclic) bond motifs is 3. The molecule has 1 fully saturated rings. The molecule has 2 aliphatic carbocycles. The van der Waals surface area contributed by atoms with Gasteiger partial charge in [0.05, 0.1) is 11.5 Å². The molecular weight excluding hydrogens is 426 g/mol. The van der Waals surface area contributed by atoms with E-state index in [1.165, 1.54) is 30.3 Å². The molecule has 0 spiro atoms. The van der Waals surface area contributed by atoms with Crippen LogP contribution in [-0.2, 0) is 24.0 Å². The topological polar surface area (TPSA) is 59.4 Å². The number of carboxylic acid groups (broad SMARTS) is 1. The van der Waals surface area contributed by atoms with Gasteiger partial charge in [0.25, 0.3) is 0 Å². The van der Waals surface area contributed by atoms with Gasteiger partial charge in [-0.3, -0.25) is 4.79 Å². The molecule has 1 saturated carbocycles. The number of carbonyl (C=O) groups is 1. The van der Waals surface area contributed by atoms with Gasteiger partial charge in [0, 0.05) is 23.7 Å². The molecule has 164 valence electrons. The fourth-order valence-corrected chi connectivity index (χ4v) is 4.67. The summed E-state index contributed by atoms with van der Waals surface area (Å²) in [7, 11) is 0. The van der Waals surface area contributed by atoms with Crippen LogP contribution >= 0.6 is 0 Å². The van der Waals surface area contributed by atoms with Gasteiger partial charge in [0.1, 0.15) is 12.4 Å². The van der Waals surface area contributed by atoms with E-state index in [9.17, 15) is 27.5 Å². The Hall–Kier alpha value is -3.42. The van der Waals surface area contributed by atoms with Gasteiger partial charge in [-0.1, -0.05) is 24.3 Å². The maximum absolute atomic E-state index is 14.3. The van der Waals surface area contributed by atoms with Crippen molar-refractivity contribution in [2.45, 2.75) is 25.1 Å². The lowest BCUT2D eigenvalue weighted by atomic mass is 9.97. The summed E-state index contributed by atoms with van der Waals surface area (Å²) in [4.78, 5) is 15.4. The van der Waals surface area contributed by atoms with Crippen molar-refractivity contribution < 1.29 is 32.2 Å². The lowest BCUT2D eigenvalue weighted by Crippen LogP contribution is -2.07. The Balaban J connectivity index is 1.35. The average molecular weight is 443 g/mol. The maximum Gasteiger partial charge on any atom is 0.417 e. The standard InChI is InChI=1S/C24H17F4NO3/c25-19-6-5-12(15-3-1-2-4-18(15)24(26,27)28)7-14(19)11-32-20-9-13-8-16-21(17(13)10-29-20)22(16)23(30)31/h1-7,9-10,16,21-22H,8,11H2,(H,30,31). The Bertz CT molecular complexity index is 1220. The summed E-state index contributed by atoms with van der Waals surface area (Å²) in [5, 5.41) is 9.20. The maximum atomic E-state index is 14.3. The molecular formula is C24H17F4NO3. The lowest BCUT2D eigenvalue weighted by Gasteiger charge is -2.14. The summed E-state index contributed by atoms with van der Waals surface area (Å²) in [5.41, 5.74) is 1.39. The number of aromatic nitrogens is 1. The Kier molecular flexibility index (Phi) is 4.69. The number of benzene rings is 2. The third-order valence-corrected chi connectivity index (χ3v) is 6.23. The van der Waals surface area contributed by atoms with E-state index in [0.717, 1.165) is 23.3 Å². The quantitative estimate of drug-likeness (QED) is 0.533. The fraction of sp³-hybridized carbons (Fsp3) is 0.250. The van der Waals surface area contributed by atoms with Gasteiger partial charge < -0.3 is 9.84 Å². The predicted molar refractivity (Wildman–Crippen MR) is 106 cm³/mol. The summed E-state index contributed by atoms with van der Waals surface area (Å²) in [5.74, 6) is -1.41.